The molecule has 2 N–H and O–H groups in total. The molecule has 2 aliphatic rings. The fourth-order valence-corrected chi connectivity index (χ4v) is 2.23. The molecule has 0 saturated carbocycles. The van der Waals surface area contributed by atoms with Crippen LogP contribution >= 0.6 is 0 Å². The van der Waals surface area contributed by atoms with Gasteiger partial charge in [-0.15, -0.1) is 0 Å². The normalized spacial score (nSPS) is 32.3. The fourth-order valence-electron chi connectivity index (χ4n) is 2.23. The summed E-state index contributed by atoms with van der Waals surface area (Å²) in [6, 6.07) is -0.169. The van der Waals surface area contributed by atoms with E-state index in [1.807, 2.05) is 6.92 Å². The fraction of sp³-hybridized carbons (Fsp3) is 0.800. The Morgan fingerprint density at radius 2 is 1.93 bits per heavy atom. The van der Waals surface area contributed by atoms with E-state index in [4.69, 9.17) is 10.5 Å². The molecule has 15 heavy (non-hydrogen) atoms. The lowest BCUT2D eigenvalue weighted by Crippen LogP contribution is -2.57. The zero-order chi connectivity index (χ0) is 11.0. The van der Waals surface area contributed by atoms with Gasteiger partial charge < -0.3 is 10.5 Å². The minimum Gasteiger partial charge on any atom is -0.355 e. The molecule has 2 rings (SSSR count). The van der Waals surface area contributed by atoms with Crippen molar-refractivity contribution in [1.29, 1.82) is 0 Å². The highest BCUT2D eigenvalue weighted by Gasteiger charge is 2.48. The summed E-state index contributed by atoms with van der Waals surface area (Å²) in [5.41, 5.74) is 5.56. The van der Waals surface area contributed by atoms with Gasteiger partial charge in [0, 0.05) is 6.54 Å². The molecular formula is C10H16N2O3. The van der Waals surface area contributed by atoms with Crippen molar-refractivity contribution in [2.75, 3.05) is 6.54 Å². The van der Waals surface area contributed by atoms with Gasteiger partial charge in [0.2, 0.25) is 0 Å². The van der Waals surface area contributed by atoms with E-state index in [0.717, 1.165) is 0 Å². The molecule has 0 aromatic rings. The van der Waals surface area contributed by atoms with Gasteiger partial charge in [0.05, 0.1) is 6.04 Å². The Hall–Kier alpha value is -0.940. The van der Waals surface area contributed by atoms with E-state index in [-0.39, 0.29) is 17.9 Å². The number of nitrogens with zero attached hydrogens (tertiary/aromatic N) is 1. The number of hydrogen-bond acceptors (Lipinski definition) is 4. The van der Waals surface area contributed by atoms with E-state index in [0.29, 0.717) is 25.8 Å². The van der Waals surface area contributed by atoms with Crippen LogP contribution in [0.5, 0.6) is 0 Å². The first-order valence-corrected chi connectivity index (χ1v) is 5.41. The van der Waals surface area contributed by atoms with E-state index in [2.05, 4.69) is 0 Å². The minimum absolute atomic E-state index is 0.169. The van der Waals surface area contributed by atoms with Crippen molar-refractivity contribution in [2.45, 2.75) is 44.4 Å². The maximum Gasteiger partial charge on any atom is 0.258 e. The Morgan fingerprint density at radius 1 is 1.40 bits per heavy atom. The molecule has 0 radical (unpaired) electrons. The van der Waals surface area contributed by atoms with E-state index >= 15 is 0 Å². The molecule has 0 aliphatic carbocycles. The molecule has 5 heteroatoms. The van der Waals surface area contributed by atoms with Gasteiger partial charge in [0.25, 0.3) is 11.8 Å². The Bertz CT molecular complexity index is 266. The van der Waals surface area contributed by atoms with Gasteiger partial charge in [-0.25, -0.2) is 0 Å². The second-order valence-corrected chi connectivity index (χ2v) is 4.03. The number of hydrogen-bond donors (Lipinski definition) is 1. The first kappa shape index (κ1) is 10.6. The van der Waals surface area contributed by atoms with Gasteiger partial charge >= 0.3 is 0 Å². The molecule has 2 heterocycles. The molecule has 3 atom stereocenters. The summed E-state index contributed by atoms with van der Waals surface area (Å²) < 4.78 is 5.31. The number of carbonyl (C=O) groups is 2. The van der Waals surface area contributed by atoms with Crippen molar-refractivity contribution in [3.05, 3.63) is 0 Å². The van der Waals surface area contributed by atoms with Crippen molar-refractivity contribution < 1.29 is 14.3 Å². The number of fused-ring (bicyclic) bond motifs is 2. The van der Waals surface area contributed by atoms with E-state index in [9.17, 15) is 9.59 Å². The Morgan fingerprint density at radius 3 is 2.33 bits per heavy atom. The van der Waals surface area contributed by atoms with Gasteiger partial charge in [-0.1, -0.05) is 6.92 Å². The summed E-state index contributed by atoms with van der Waals surface area (Å²) in [4.78, 5) is 25.1. The van der Waals surface area contributed by atoms with Crippen LogP contribution in [0.1, 0.15) is 26.2 Å². The van der Waals surface area contributed by atoms with Crippen LogP contribution in [0.3, 0.4) is 0 Å². The predicted octanol–water partition coefficient (Wildman–Crippen LogP) is -0.360. The van der Waals surface area contributed by atoms with Crippen molar-refractivity contribution in [1.82, 2.24) is 4.90 Å². The van der Waals surface area contributed by atoms with Gasteiger partial charge in [0.1, 0.15) is 12.2 Å². The summed E-state index contributed by atoms with van der Waals surface area (Å²) in [6.07, 6.45) is 1.20. The molecule has 2 amide bonds. The highest BCUT2D eigenvalue weighted by molar-refractivity contribution is 6.02. The molecule has 0 spiro atoms. The molecule has 5 nitrogen and oxygen atoms in total. The number of amides is 2. The van der Waals surface area contributed by atoms with Gasteiger partial charge in [0.15, 0.2) is 0 Å². The molecular weight excluding hydrogens is 196 g/mol. The molecule has 2 bridgehead atoms. The number of carbonyl (C=O) groups excluding carboxylic acids is 2. The summed E-state index contributed by atoms with van der Waals surface area (Å²) >= 11 is 0. The average Bonchev–Trinajstić information content (AvgIpc) is 2.68. The lowest BCUT2D eigenvalue weighted by atomic mass is 10.1. The molecule has 0 aromatic heterocycles. The number of likely N-dealkylation sites (tertiary alicyclic amines) is 1. The SMILES string of the molecule is CCC(CN)N1C(=O)C2CCC(O2)C1=O. The van der Waals surface area contributed by atoms with Crippen LogP contribution in [0.15, 0.2) is 0 Å². The first-order valence-electron chi connectivity index (χ1n) is 5.41. The van der Waals surface area contributed by atoms with E-state index in [1.54, 1.807) is 0 Å². The molecule has 2 saturated heterocycles. The zero-order valence-electron chi connectivity index (χ0n) is 8.81. The summed E-state index contributed by atoms with van der Waals surface area (Å²) in [6.45, 7) is 2.25. The Labute approximate surface area is 88.5 Å². The number of nitrogens with two attached hydrogens (primary N) is 1. The third kappa shape index (κ3) is 1.55. The summed E-state index contributed by atoms with van der Waals surface area (Å²) in [5.74, 6) is -0.405. The van der Waals surface area contributed by atoms with Crippen molar-refractivity contribution in [3.8, 4) is 0 Å². The van der Waals surface area contributed by atoms with Crippen molar-refractivity contribution >= 4 is 11.8 Å². The zero-order valence-corrected chi connectivity index (χ0v) is 8.81. The minimum atomic E-state index is -0.409. The standard InChI is InChI=1S/C10H16N2O3/c1-2-6(5-11)12-9(13)7-3-4-8(15-7)10(12)14/h6-8H,2-5,11H2,1H3. The number of morpholine rings is 1. The smallest absolute Gasteiger partial charge is 0.258 e. The predicted molar refractivity (Wildman–Crippen MR) is 52.9 cm³/mol. The molecule has 2 aliphatic heterocycles. The molecule has 84 valence electrons. The molecule has 0 aromatic carbocycles. The highest BCUT2D eigenvalue weighted by Crippen LogP contribution is 2.29. The first-order chi connectivity index (χ1) is 7.19. The summed E-state index contributed by atoms with van der Waals surface area (Å²) in [7, 11) is 0. The topological polar surface area (TPSA) is 72.6 Å². The lowest BCUT2D eigenvalue weighted by Gasteiger charge is -2.34. The third-order valence-electron chi connectivity index (χ3n) is 3.15. The van der Waals surface area contributed by atoms with Crippen LogP contribution in [0.25, 0.3) is 0 Å². The van der Waals surface area contributed by atoms with Crippen LogP contribution in [0.4, 0.5) is 0 Å². The number of imide groups is 1. The number of ether oxygens (including phenoxy) is 1. The highest BCUT2D eigenvalue weighted by atomic mass is 16.5. The Balaban J connectivity index is 2.22. The van der Waals surface area contributed by atoms with Crippen molar-refractivity contribution in [3.63, 3.8) is 0 Å². The molecule has 2 fully saturated rings. The van der Waals surface area contributed by atoms with E-state index < -0.39 is 12.2 Å². The quantitative estimate of drug-likeness (QED) is 0.648. The van der Waals surface area contributed by atoms with Crippen LogP contribution in [-0.2, 0) is 14.3 Å². The van der Waals surface area contributed by atoms with Crippen molar-refractivity contribution in [2.24, 2.45) is 5.73 Å². The average molecular weight is 212 g/mol. The van der Waals surface area contributed by atoms with Crippen LogP contribution < -0.4 is 5.73 Å². The van der Waals surface area contributed by atoms with Crippen LogP contribution in [0.2, 0.25) is 0 Å². The van der Waals surface area contributed by atoms with Gasteiger partial charge in [-0.3, -0.25) is 14.5 Å². The summed E-state index contributed by atoms with van der Waals surface area (Å²) in [5, 5.41) is 0. The maximum atomic E-state index is 11.9. The molecule has 3 unspecified atom stereocenters. The van der Waals surface area contributed by atoms with Crippen LogP contribution in [-0.4, -0.2) is 41.5 Å². The monoisotopic (exact) mass is 212 g/mol. The van der Waals surface area contributed by atoms with Gasteiger partial charge in [-0.05, 0) is 19.3 Å². The third-order valence-corrected chi connectivity index (χ3v) is 3.15. The van der Waals surface area contributed by atoms with E-state index in [1.165, 1.54) is 4.90 Å². The second-order valence-electron chi connectivity index (χ2n) is 4.03. The largest absolute Gasteiger partial charge is 0.355 e. The van der Waals surface area contributed by atoms with Crippen LogP contribution in [0, 0.1) is 0 Å². The van der Waals surface area contributed by atoms with Gasteiger partial charge in [-0.2, -0.15) is 0 Å². The lowest BCUT2D eigenvalue weighted by molar-refractivity contribution is -0.171. The Kier molecular flexibility index (Phi) is 2.75. The maximum absolute atomic E-state index is 11.9. The number of rotatable bonds is 3. The second kappa shape index (κ2) is 3.90.